The van der Waals surface area contributed by atoms with Crippen LogP contribution < -0.4 is 0 Å². The Labute approximate surface area is 116 Å². The lowest BCUT2D eigenvalue weighted by atomic mass is 10.2. The monoisotopic (exact) mass is 325 g/mol. The molecule has 1 aromatic carbocycles. The number of hydrogen-bond acceptors (Lipinski definition) is 5. The van der Waals surface area contributed by atoms with Crippen LogP contribution in [0.25, 0.3) is 0 Å². The second kappa shape index (κ2) is 7.22. The number of halogens is 1. The fourth-order valence-electron chi connectivity index (χ4n) is 1.05. The van der Waals surface area contributed by atoms with Gasteiger partial charge in [0.25, 0.3) is 0 Å². The van der Waals surface area contributed by atoms with Gasteiger partial charge in [0.05, 0.1) is 6.07 Å². The van der Waals surface area contributed by atoms with Gasteiger partial charge in [0.15, 0.2) is 12.0 Å². The van der Waals surface area contributed by atoms with E-state index in [2.05, 4.69) is 20.3 Å². The third-order valence-electron chi connectivity index (χ3n) is 1.91. The Morgan fingerprint density at radius 2 is 1.68 bits per heavy atom. The minimum absolute atomic E-state index is 0.0355. The summed E-state index contributed by atoms with van der Waals surface area (Å²) in [6.07, 6.45) is 1.24. The molecule has 19 heavy (non-hydrogen) atoms. The second-order valence-corrected chi connectivity index (χ2v) is 4.14. The number of nitrogens with zero attached hydrogens (tertiary/aromatic N) is 1. The van der Waals surface area contributed by atoms with E-state index in [1.54, 1.807) is 12.1 Å². The van der Waals surface area contributed by atoms with Crippen LogP contribution >= 0.6 is 15.9 Å². The summed E-state index contributed by atoms with van der Waals surface area (Å²) in [4.78, 5) is 29.3. The maximum atomic E-state index is 10.1. The maximum absolute atomic E-state index is 10.1. The summed E-state index contributed by atoms with van der Waals surface area (Å²) in [5.41, 5.74) is 0.707. The Hall–Kier alpha value is -2.28. The number of carbonyl (C=O) groups is 2. The van der Waals surface area contributed by atoms with Crippen molar-refractivity contribution in [3.8, 4) is 0 Å². The van der Waals surface area contributed by atoms with Crippen molar-refractivity contribution < 1.29 is 18.9 Å². The molecular formula is C12H8BrNO5. The minimum Gasteiger partial charge on any atom is -0.398 e. The number of furan rings is 1. The summed E-state index contributed by atoms with van der Waals surface area (Å²) in [6.45, 7) is 0. The van der Waals surface area contributed by atoms with Crippen LogP contribution in [0.15, 0.2) is 45.3 Å². The molecule has 0 atom stereocenters. The SMILES string of the molecule is O=Cc1ccc(Br)cc1.O=Cc1ccc([N+](=O)[O-])o1. The quantitative estimate of drug-likeness (QED) is 0.490. The highest BCUT2D eigenvalue weighted by molar-refractivity contribution is 9.10. The highest BCUT2D eigenvalue weighted by Crippen LogP contribution is 2.13. The molecule has 1 heterocycles. The van der Waals surface area contributed by atoms with Crippen LogP contribution in [-0.2, 0) is 0 Å². The number of carbonyl (C=O) groups excluding carboxylic acids is 2. The topological polar surface area (TPSA) is 90.4 Å². The van der Waals surface area contributed by atoms with Gasteiger partial charge in [0, 0.05) is 10.0 Å². The van der Waals surface area contributed by atoms with E-state index in [1.165, 1.54) is 6.07 Å². The average molecular weight is 326 g/mol. The van der Waals surface area contributed by atoms with E-state index in [1.807, 2.05) is 12.1 Å². The Kier molecular flexibility index (Phi) is 5.62. The van der Waals surface area contributed by atoms with Crippen molar-refractivity contribution in [2.75, 3.05) is 0 Å². The van der Waals surface area contributed by atoms with Crippen LogP contribution in [-0.4, -0.2) is 17.5 Å². The molecule has 0 aliphatic rings. The smallest absolute Gasteiger partial charge is 0.398 e. The Balaban J connectivity index is 0.000000191. The van der Waals surface area contributed by atoms with Crippen LogP contribution in [0.1, 0.15) is 20.9 Å². The molecule has 98 valence electrons. The third kappa shape index (κ3) is 4.84. The van der Waals surface area contributed by atoms with Crippen molar-refractivity contribution >= 4 is 34.4 Å². The molecule has 0 N–H and O–H groups in total. The highest BCUT2D eigenvalue weighted by atomic mass is 79.9. The zero-order valence-electron chi connectivity index (χ0n) is 9.49. The van der Waals surface area contributed by atoms with Gasteiger partial charge in [-0.2, -0.15) is 0 Å². The van der Waals surface area contributed by atoms with E-state index >= 15 is 0 Å². The minimum atomic E-state index is -0.701. The summed E-state index contributed by atoms with van der Waals surface area (Å²) in [5.74, 6) is -0.450. The summed E-state index contributed by atoms with van der Waals surface area (Å²) in [5, 5.41) is 9.93. The molecule has 6 nitrogen and oxygen atoms in total. The number of rotatable bonds is 3. The normalized spacial score (nSPS) is 9.11. The molecule has 0 saturated heterocycles. The van der Waals surface area contributed by atoms with Crippen molar-refractivity contribution in [3.05, 3.63) is 62.3 Å². The molecule has 0 unspecified atom stereocenters. The first-order valence-electron chi connectivity index (χ1n) is 4.97. The van der Waals surface area contributed by atoms with Gasteiger partial charge in [0.2, 0.25) is 0 Å². The molecular weight excluding hydrogens is 318 g/mol. The molecule has 0 aliphatic carbocycles. The average Bonchev–Trinajstić information content (AvgIpc) is 2.89. The molecule has 0 saturated carbocycles. The molecule has 0 amide bonds. The molecule has 0 bridgehead atoms. The van der Waals surface area contributed by atoms with Gasteiger partial charge in [-0.15, -0.1) is 0 Å². The Morgan fingerprint density at radius 3 is 2.05 bits per heavy atom. The third-order valence-corrected chi connectivity index (χ3v) is 2.44. The van der Waals surface area contributed by atoms with Gasteiger partial charge in [-0.1, -0.05) is 28.1 Å². The molecule has 0 fully saturated rings. The fraction of sp³-hybridized carbons (Fsp3) is 0. The summed E-state index contributed by atoms with van der Waals surface area (Å²) in [7, 11) is 0. The highest BCUT2D eigenvalue weighted by Gasteiger charge is 2.10. The summed E-state index contributed by atoms with van der Waals surface area (Å²) < 4.78 is 5.42. The molecule has 0 aliphatic heterocycles. The van der Waals surface area contributed by atoms with E-state index in [-0.39, 0.29) is 5.76 Å². The molecule has 7 heteroatoms. The molecule has 0 radical (unpaired) electrons. The Bertz CT molecular complexity index is 576. The van der Waals surface area contributed by atoms with E-state index < -0.39 is 10.8 Å². The lowest BCUT2D eigenvalue weighted by molar-refractivity contribution is -0.402. The first-order chi connectivity index (χ1) is 9.06. The predicted molar refractivity (Wildman–Crippen MR) is 70.3 cm³/mol. The summed E-state index contributed by atoms with van der Waals surface area (Å²) >= 11 is 3.26. The van der Waals surface area contributed by atoms with Crippen LogP contribution in [0.4, 0.5) is 5.88 Å². The van der Waals surface area contributed by atoms with E-state index in [9.17, 15) is 19.7 Å². The number of benzene rings is 1. The standard InChI is InChI=1S/C7H5BrO.C5H3NO4/c8-7-3-1-6(5-9)2-4-7;7-3-4-1-2-5(10-4)6(8)9/h1-5H;1-3H. The van der Waals surface area contributed by atoms with Gasteiger partial charge in [-0.05, 0) is 18.2 Å². The first kappa shape index (κ1) is 14.8. The van der Waals surface area contributed by atoms with Crippen LogP contribution in [0.3, 0.4) is 0 Å². The zero-order valence-corrected chi connectivity index (χ0v) is 11.1. The van der Waals surface area contributed by atoms with Gasteiger partial charge in [0.1, 0.15) is 11.2 Å². The largest absolute Gasteiger partial charge is 0.433 e. The van der Waals surface area contributed by atoms with E-state index in [0.717, 1.165) is 16.8 Å². The summed E-state index contributed by atoms with van der Waals surface area (Å²) in [6, 6.07) is 9.57. The molecule has 2 rings (SSSR count). The predicted octanol–water partition coefficient (Wildman–Crippen LogP) is 3.26. The van der Waals surface area contributed by atoms with Crippen molar-refractivity contribution in [3.63, 3.8) is 0 Å². The fourth-order valence-corrected chi connectivity index (χ4v) is 1.31. The number of hydrogen-bond donors (Lipinski definition) is 0. The zero-order chi connectivity index (χ0) is 14.3. The van der Waals surface area contributed by atoms with Crippen molar-refractivity contribution in [2.24, 2.45) is 0 Å². The van der Waals surface area contributed by atoms with E-state index in [4.69, 9.17) is 0 Å². The maximum Gasteiger partial charge on any atom is 0.433 e. The van der Waals surface area contributed by atoms with Gasteiger partial charge in [-0.3, -0.25) is 19.7 Å². The molecule has 0 spiro atoms. The van der Waals surface area contributed by atoms with Crippen molar-refractivity contribution in [1.29, 1.82) is 0 Å². The van der Waals surface area contributed by atoms with Crippen molar-refractivity contribution in [2.45, 2.75) is 0 Å². The van der Waals surface area contributed by atoms with Crippen molar-refractivity contribution in [1.82, 2.24) is 0 Å². The lowest BCUT2D eigenvalue weighted by Crippen LogP contribution is -1.82. The van der Waals surface area contributed by atoms with Gasteiger partial charge in [-0.25, -0.2) is 0 Å². The number of aldehydes is 2. The number of nitro groups is 1. The van der Waals surface area contributed by atoms with Gasteiger partial charge >= 0.3 is 5.88 Å². The van der Waals surface area contributed by atoms with E-state index in [0.29, 0.717) is 11.8 Å². The van der Waals surface area contributed by atoms with Crippen LogP contribution in [0.5, 0.6) is 0 Å². The Morgan fingerprint density at radius 1 is 1.05 bits per heavy atom. The van der Waals surface area contributed by atoms with Gasteiger partial charge < -0.3 is 4.42 Å². The lowest BCUT2D eigenvalue weighted by Gasteiger charge is -1.87. The molecule has 2 aromatic rings. The first-order valence-corrected chi connectivity index (χ1v) is 5.76. The van der Waals surface area contributed by atoms with Crippen LogP contribution in [0.2, 0.25) is 0 Å². The molecule has 1 aromatic heterocycles. The second-order valence-electron chi connectivity index (χ2n) is 3.22. The van der Waals surface area contributed by atoms with Crippen LogP contribution in [0, 0.1) is 10.1 Å².